The van der Waals surface area contributed by atoms with E-state index in [0.717, 1.165) is 0 Å². The van der Waals surface area contributed by atoms with Gasteiger partial charge in [-0.3, -0.25) is 4.79 Å². The minimum Gasteiger partial charge on any atom is -0.399 e. The van der Waals surface area contributed by atoms with E-state index in [1.165, 1.54) is 0 Å². The summed E-state index contributed by atoms with van der Waals surface area (Å²) in [6.07, 6.45) is 0. The van der Waals surface area contributed by atoms with Crippen molar-refractivity contribution in [3.05, 3.63) is 23.8 Å². The molecule has 1 aromatic carbocycles. The SMILES string of the molecule is CN(C)C(C)(C)CNC(=O)c1cc(N)cc(N)c1. The summed E-state index contributed by atoms with van der Waals surface area (Å²) in [6, 6.07) is 4.86. The number of amides is 1. The van der Waals surface area contributed by atoms with Crippen LogP contribution in [0.15, 0.2) is 18.2 Å². The molecule has 1 rings (SSSR count). The van der Waals surface area contributed by atoms with Crippen LogP contribution in [0, 0.1) is 0 Å². The second-order valence-corrected chi connectivity index (χ2v) is 5.28. The number of anilines is 2. The molecule has 5 nitrogen and oxygen atoms in total. The fourth-order valence-corrected chi connectivity index (χ4v) is 1.36. The molecule has 0 fully saturated rings. The summed E-state index contributed by atoms with van der Waals surface area (Å²) in [7, 11) is 3.95. The average molecular weight is 250 g/mol. The standard InChI is InChI=1S/C13H22N4O/c1-13(2,17(3)4)8-16-12(18)9-5-10(14)7-11(15)6-9/h5-7H,8,14-15H2,1-4H3,(H,16,18). The van der Waals surface area contributed by atoms with Gasteiger partial charge in [0.1, 0.15) is 0 Å². The number of nitrogens with zero attached hydrogens (tertiary/aromatic N) is 1. The lowest BCUT2D eigenvalue weighted by Gasteiger charge is -2.32. The molecule has 0 aliphatic rings. The number of nitrogen functional groups attached to an aromatic ring is 2. The first-order valence-electron chi connectivity index (χ1n) is 5.84. The van der Waals surface area contributed by atoms with Gasteiger partial charge in [-0.2, -0.15) is 0 Å². The molecule has 0 heterocycles. The Kier molecular flexibility index (Phi) is 4.19. The number of hydrogen-bond acceptors (Lipinski definition) is 4. The monoisotopic (exact) mass is 250 g/mol. The van der Waals surface area contributed by atoms with Crippen molar-refractivity contribution in [3.8, 4) is 0 Å². The van der Waals surface area contributed by atoms with E-state index >= 15 is 0 Å². The van der Waals surface area contributed by atoms with Crippen LogP contribution in [-0.4, -0.2) is 37.0 Å². The zero-order chi connectivity index (χ0) is 13.9. The predicted molar refractivity (Wildman–Crippen MR) is 75.4 cm³/mol. The molecule has 0 aromatic heterocycles. The van der Waals surface area contributed by atoms with Crippen molar-refractivity contribution < 1.29 is 4.79 Å². The van der Waals surface area contributed by atoms with E-state index in [-0.39, 0.29) is 11.4 Å². The maximum Gasteiger partial charge on any atom is 0.251 e. The third-order valence-corrected chi connectivity index (χ3v) is 3.13. The summed E-state index contributed by atoms with van der Waals surface area (Å²) in [4.78, 5) is 14.0. The van der Waals surface area contributed by atoms with Crippen LogP contribution in [0.4, 0.5) is 11.4 Å². The summed E-state index contributed by atoms with van der Waals surface area (Å²) in [6.45, 7) is 4.66. The van der Waals surface area contributed by atoms with Gasteiger partial charge in [0.05, 0.1) is 0 Å². The second kappa shape index (κ2) is 5.27. The van der Waals surface area contributed by atoms with Gasteiger partial charge in [-0.05, 0) is 46.1 Å². The largest absolute Gasteiger partial charge is 0.399 e. The first-order chi connectivity index (χ1) is 8.22. The summed E-state index contributed by atoms with van der Waals surface area (Å²) in [5.74, 6) is -0.163. The second-order valence-electron chi connectivity index (χ2n) is 5.28. The molecule has 0 spiro atoms. The van der Waals surface area contributed by atoms with Crippen LogP contribution in [0.2, 0.25) is 0 Å². The van der Waals surface area contributed by atoms with E-state index in [4.69, 9.17) is 11.5 Å². The van der Waals surface area contributed by atoms with Gasteiger partial charge < -0.3 is 21.7 Å². The Labute approximate surface area is 108 Å². The fourth-order valence-electron chi connectivity index (χ4n) is 1.36. The van der Waals surface area contributed by atoms with Gasteiger partial charge in [-0.15, -0.1) is 0 Å². The summed E-state index contributed by atoms with van der Waals surface area (Å²) in [5.41, 5.74) is 12.7. The number of rotatable bonds is 4. The van der Waals surface area contributed by atoms with E-state index in [1.807, 2.05) is 14.1 Å². The minimum atomic E-state index is -0.163. The van der Waals surface area contributed by atoms with Gasteiger partial charge in [0.15, 0.2) is 0 Å². The molecule has 0 aliphatic heterocycles. The van der Waals surface area contributed by atoms with E-state index in [1.54, 1.807) is 18.2 Å². The van der Waals surface area contributed by atoms with Gasteiger partial charge >= 0.3 is 0 Å². The molecular weight excluding hydrogens is 228 g/mol. The van der Waals surface area contributed by atoms with Crippen molar-refractivity contribution in [3.63, 3.8) is 0 Å². The van der Waals surface area contributed by atoms with E-state index in [2.05, 4.69) is 24.1 Å². The molecule has 5 N–H and O–H groups in total. The normalized spacial score (nSPS) is 11.6. The molecule has 0 aliphatic carbocycles. The highest BCUT2D eigenvalue weighted by Gasteiger charge is 2.21. The molecule has 5 heteroatoms. The number of nitrogens with two attached hydrogens (primary N) is 2. The quantitative estimate of drug-likeness (QED) is 0.694. The number of hydrogen-bond donors (Lipinski definition) is 3. The average Bonchev–Trinajstić information content (AvgIpc) is 2.24. The molecule has 0 bridgehead atoms. The molecule has 1 aromatic rings. The topological polar surface area (TPSA) is 84.4 Å². The van der Waals surface area contributed by atoms with Crippen molar-refractivity contribution in [2.24, 2.45) is 0 Å². The van der Waals surface area contributed by atoms with Crippen molar-refractivity contribution >= 4 is 17.3 Å². The van der Waals surface area contributed by atoms with E-state index in [9.17, 15) is 4.79 Å². The number of likely N-dealkylation sites (N-methyl/N-ethyl adjacent to an activating group) is 1. The minimum absolute atomic E-state index is 0.110. The van der Waals surface area contributed by atoms with Crippen molar-refractivity contribution in [1.29, 1.82) is 0 Å². The summed E-state index contributed by atoms with van der Waals surface area (Å²) < 4.78 is 0. The molecule has 0 saturated carbocycles. The molecule has 1 amide bonds. The lowest BCUT2D eigenvalue weighted by Crippen LogP contribution is -2.48. The molecule has 18 heavy (non-hydrogen) atoms. The lowest BCUT2D eigenvalue weighted by atomic mass is 10.0. The van der Waals surface area contributed by atoms with Crippen molar-refractivity contribution in [1.82, 2.24) is 10.2 Å². The zero-order valence-electron chi connectivity index (χ0n) is 11.4. The molecule has 0 unspecified atom stereocenters. The highest BCUT2D eigenvalue weighted by molar-refractivity contribution is 5.96. The zero-order valence-corrected chi connectivity index (χ0v) is 11.4. The third kappa shape index (κ3) is 3.63. The van der Waals surface area contributed by atoms with Gasteiger partial charge in [0, 0.05) is 29.0 Å². The van der Waals surface area contributed by atoms with Crippen molar-refractivity contribution in [2.45, 2.75) is 19.4 Å². The van der Waals surface area contributed by atoms with Crippen LogP contribution in [0.25, 0.3) is 0 Å². The Hall–Kier alpha value is -1.75. The molecule has 0 saturated heterocycles. The third-order valence-electron chi connectivity index (χ3n) is 3.13. The van der Waals surface area contributed by atoms with Crippen LogP contribution < -0.4 is 16.8 Å². The van der Waals surface area contributed by atoms with Crippen LogP contribution >= 0.6 is 0 Å². The predicted octanol–water partition coefficient (Wildman–Crippen LogP) is 0.921. The molecule has 0 radical (unpaired) electrons. The Morgan fingerprint density at radius 2 is 1.72 bits per heavy atom. The number of carbonyl (C=O) groups excluding carboxylic acids is 1. The van der Waals surface area contributed by atoms with Crippen LogP contribution in [-0.2, 0) is 0 Å². The highest BCUT2D eigenvalue weighted by Crippen LogP contribution is 2.14. The first-order valence-corrected chi connectivity index (χ1v) is 5.84. The number of nitrogens with one attached hydrogen (secondary N) is 1. The smallest absolute Gasteiger partial charge is 0.251 e. The van der Waals surface area contributed by atoms with Crippen LogP contribution in [0.3, 0.4) is 0 Å². The maximum absolute atomic E-state index is 12.0. The Balaban J connectivity index is 2.72. The molecular formula is C13H22N4O. The summed E-state index contributed by atoms with van der Waals surface area (Å²) >= 11 is 0. The molecule has 100 valence electrons. The molecule has 0 atom stereocenters. The Bertz CT molecular complexity index is 420. The van der Waals surface area contributed by atoms with Crippen LogP contribution in [0.1, 0.15) is 24.2 Å². The van der Waals surface area contributed by atoms with E-state index < -0.39 is 0 Å². The van der Waals surface area contributed by atoms with Crippen molar-refractivity contribution in [2.75, 3.05) is 32.1 Å². The Morgan fingerprint density at radius 1 is 1.22 bits per heavy atom. The lowest BCUT2D eigenvalue weighted by molar-refractivity contribution is 0.0920. The number of carbonyl (C=O) groups is 1. The van der Waals surface area contributed by atoms with Gasteiger partial charge in [-0.1, -0.05) is 0 Å². The van der Waals surface area contributed by atoms with Gasteiger partial charge in [0.2, 0.25) is 0 Å². The van der Waals surface area contributed by atoms with Gasteiger partial charge in [0.25, 0.3) is 5.91 Å². The Morgan fingerprint density at radius 3 is 2.17 bits per heavy atom. The highest BCUT2D eigenvalue weighted by atomic mass is 16.1. The van der Waals surface area contributed by atoms with E-state index in [0.29, 0.717) is 23.5 Å². The van der Waals surface area contributed by atoms with Gasteiger partial charge in [-0.25, -0.2) is 0 Å². The number of benzene rings is 1. The maximum atomic E-state index is 12.0. The fraction of sp³-hybridized carbons (Fsp3) is 0.462. The first kappa shape index (κ1) is 14.3. The van der Waals surface area contributed by atoms with Crippen LogP contribution in [0.5, 0.6) is 0 Å². The summed E-state index contributed by atoms with van der Waals surface area (Å²) in [5, 5.41) is 2.88.